The Kier molecular flexibility index (Phi) is 5.82. The van der Waals surface area contributed by atoms with E-state index in [1.165, 1.54) is 11.8 Å². The lowest BCUT2D eigenvalue weighted by Crippen LogP contribution is -2.46. The average molecular weight is 335 g/mol. The van der Waals surface area contributed by atoms with Crippen LogP contribution in [0.4, 0.5) is 0 Å². The van der Waals surface area contributed by atoms with Crippen LogP contribution in [0.5, 0.6) is 0 Å². The molecule has 1 unspecified atom stereocenters. The Labute approximate surface area is 140 Å². The molecule has 2 amide bonds. The molecule has 122 valence electrons. The molecule has 1 heterocycles. The summed E-state index contributed by atoms with van der Waals surface area (Å²) < 4.78 is 5.17. The number of rotatable bonds is 6. The molecule has 0 saturated carbocycles. The summed E-state index contributed by atoms with van der Waals surface area (Å²) in [4.78, 5) is 25.7. The number of halogens is 1. The molecule has 2 aromatic rings. The molecule has 1 aromatic heterocycles. The van der Waals surface area contributed by atoms with Crippen molar-refractivity contribution in [1.29, 1.82) is 0 Å². The number of hydrogen-bond acceptors (Lipinski definition) is 3. The van der Waals surface area contributed by atoms with Crippen LogP contribution in [0.1, 0.15) is 25.2 Å². The zero-order valence-electron chi connectivity index (χ0n) is 13.1. The second-order valence-corrected chi connectivity index (χ2v) is 5.68. The van der Waals surface area contributed by atoms with Gasteiger partial charge in [0.2, 0.25) is 11.8 Å². The Balaban J connectivity index is 1.99. The highest BCUT2D eigenvalue weighted by molar-refractivity contribution is 6.30. The summed E-state index contributed by atoms with van der Waals surface area (Å²) in [5, 5.41) is 3.40. The van der Waals surface area contributed by atoms with Crippen molar-refractivity contribution in [3.8, 4) is 0 Å². The molecular formula is C17H19ClN2O3. The van der Waals surface area contributed by atoms with Crippen LogP contribution >= 0.6 is 11.6 Å². The van der Waals surface area contributed by atoms with Crippen LogP contribution in [0.25, 0.3) is 0 Å². The highest BCUT2D eigenvalue weighted by Crippen LogP contribution is 2.13. The number of nitrogens with zero attached hydrogens (tertiary/aromatic N) is 1. The van der Waals surface area contributed by atoms with Crippen LogP contribution < -0.4 is 5.32 Å². The topological polar surface area (TPSA) is 62.6 Å². The van der Waals surface area contributed by atoms with E-state index < -0.39 is 6.04 Å². The molecule has 0 aliphatic carbocycles. The van der Waals surface area contributed by atoms with Crippen LogP contribution in [0.15, 0.2) is 47.1 Å². The van der Waals surface area contributed by atoms with Crippen molar-refractivity contribution >= 4 is 23.4 Å². The van der Waals surface area contributed by atoms with Gasteiger partial charge >= 0.3 is 0 Å². The number of carbonyl (C=O) groups is 2. The maximum absolute atomic E-state index is 12.3. The van der Waals surface area contributed by atoms with E-state index in [1.54, 1.807) is 37.5 Å². The number of furan rings is 1. The summed E-state index contributed by atoms with van der Waals surface area (Å²) in [6.07, 6.45) is 1.55. The summed E-state index contributed by atoms with van der Waals surface area (Å²) in [7, 11) is 0. The van der Waals surface area contributed by atoms with Gasteiger partial charge in [-0.25, -0.2) is 0 Å². The number of carbonyl (C=O) groups excluding carboxylic acids is 2. The molecule has 0 aliphatic rings. The minimum absolute atomic E-state index is 0.166. The molecule has 6 heteroatoms. The monoisotopic (exact) mass is 334 g/mol. The van der Waals surface area contributed by atoms with Crippen molar-refractivity contribution in [2.75, 3.05) is 0 Å². The van der Waals surface area contributed by atoms with Crippen molar-refractivity contribution in [2.45, 2.75) is 33.0 Å². The lowest BCUT2D eigenvalue weighted by molar-refractivity contribution is -0.139. The fraction of sp³-hybridized carbons (Fsp3) is 0.294. The predicted molar refractivity (Wildman–Crippen MR) is 87.7 cm³/mol. The zero-order valence-corrected chi connectivity index (χ0v) is 13.8. The molecular weight excluding hydrogens is 316 g/mol. The first kappa shape index (κ1) is 17.1. The number of amides is 2. The Morgan fingerprint density at radius 3 is 2.52 bits per heavy atom. The van der Waals surface area contributed by atoms with E-state index in [0.717, 1.165) is 5.56 Å². The van der Waals surface area contributed by atoms with E-state index in [4.69, 9.17) is 16.0 Å². The van der Waals surface area contributed by atoms with Crippen LogP contribution in [0.3, 0.4) is 0 Å². The highest BCUT2D eigenvalue weighted by Gasteiger charge is 2.23. The van der Waals surface area contributed by atoms with Gasteiger partial charge in [0, 0.05) is 18.5 Å². The second-order valence-electron chi connectivity index (χ2n) is 5.25. The highest BCUT2D eigenvalue weighted by atomic mass is 35.5. The Morgan fingerprint density at radius 2 is 1.96 bits per heavy atom. The van der Waals surface area contributed by atoms with Gasteiger partial charge in [-0.05, 0) is 36.8 Å². The number of hydrogen-bond donors (Lipinski definition) is 1. The molecule has 1 N–H and O–H groups in total. The molecule has 0 aliphatic heterocycles. The van der Waals surface area contributed by atoms with Crippen molar-refractivity contribution in [1.82, 2.24) is 10.2 Å². The van der Waals surface area contributed by atoms with Gasteiger partial charge in [0.25, 0.3) is 0 Å². The molecule has 1 atom stereocenters. The van der Waals surface area contributed by atoms with Gasteiger partial charge in [-0.2, -0.15) is 0 Å². The summed E-state index contributed by atoms with van der Waals surface area (Å²) >= 11 is 5.86. The summed E-state index contributed by atoms with van der Waals surface area (Å²) in [6, 6.07) is 10.2. The first-order valence-corrected chi connectivity index (χ1v) is 7.67. The quantitative estimate of drug-likeness (QED) is 0.883. The normalized spacial score (nSPS) is 11.8. The van der Waals surface area contributed by atoms with Gasteiger partial charge in [-0.15, -0.1) is 0 Å². The van der Waals surface area contributed by atoms with Gasteiger partial charge in [0.15, 0.2) is 0 Å². The predicted octanol–water partition coefficient (Wildman–Crippen LogP) is 2.99. The average Bonchev–Trinajstić information content (AvgIpc) is 3.04. The molecule has 0 radical (unpaired) electrons. The van der Waals surface area contributed by atoms with Gasteiger partial charge in [0.1, 0.15) is 11.8 Å². The maximum atomic E-state index is 12.3. The van der Waals surface area contributed by atoms with E-state index in [-0.39, 0.29) is 11.8 Å². The zero-order chi connectivity index (χ0) is 16.8. The molecule has 5 nitrogen and oxygen atoms in total. The fourth-order valence-corrected chi connectivity index (χ4v) is 2.31. The molecule has 0 bridgehead atoms. The molecule has 0 spiro atoms. The van der Waals surface area contributed by atoms with Crippen molar-refractivity contribution in [3.05, 3.63) is 59.0 Å². The molecule has 1 aromatic carbocycles. The Morgan fingerprint density at radius 1 is 1.26 bits per heavy atom. The largest absolute Gasteiger partial charge is 0.467 e. The minimum atomic E-state index is -0.585. The smallest absolute Gasteiger partial charge is 0.242 e. The third-order valence-electron chi connectivity index (χ3n) is 3.53. The maximum Gasteiger partial charge on any atom is 0.242 e. The first-order valence-electron chi connectivity index (χ1n) is 7.29. The summed E-state index contributed by atoms with van der Waals surface area (Å²) in [5.74, 6) is 0.267. The van der Waals surface area contributed by atoms with E-state index in [2.05, 4.69) is 5.32 Å². The number of nitrogens with one attached hydrogen (secondary N) is 1. The third-order valence-corrected chi connectivity index (χ3v) is 3.79. The summed E-state index contributed by atoms with van der Waals surface area (Å²) in [5.41, 5.74) is 0.912. The van der Waals surface area contributed by atoms with E-state index in [9.17, 15) is 9.59 Å². The van der Waals surface area contributed by atoms with E-state index >= 15 is 0 Å². The van der Waals surface area contributed by atoms with Crippen LogP contribution in [0.2, 0.25) is 5.02 Å². The van der Waals surface area contributed by atoms with E-state index in [1.807, 2.05) is 12.1 Å². The lowest BCUT2D eigenvalue weighted by Gasteiger charge is -2.27. The Hall–Kier alpha value is -2.27. The molecule has 0 fully saturated rings. The van der Waals surface area contributed by atoms with Gasteiger partial charge in [-0.1, -0.05) is 23.7 Å². The molecule has 23 heavy (non-hydrogen) atoms. The van der Waals surface area contributed by atoms with Crippen LogP contribution in [-0.4, -0.2) is 22.8 Å². The van der Waals surface area contributed by atoms with Gasteiger partial charge in [0.05, 0.1) is 12.8 Å². The first-order chi connectivity index (χ1) is 11.0. The van der Waals surface area contributed by atoms with Gasteiger partial charge in [-0.3, -0.25) is 9.59 Å². The van der Waals surface area contributed by atoms with E-state index in [0.29, 0.717) is 23.9 Å². The molecule has 0 saturated heterocycles. The van der Waals surface area contributed by atoms with Crippen LogP contribution in [0, 0.1) is 0 Å². The van der Waals surface area contributed by atoms with Gasteiger partial charge < -0.3 is 14.6 Å². The Bertz CT molecular complexity index is 653. The molecule has 2 rings (SSSR count). The van der Waals surface area contributed by atoms with Crippen molar-refractivity contribution < 1.29 is 14.0 Å². The SMILES string of the molecule is CC(=O)N(Cc1ccc(Cl)cc1)C(C)C(=O)NCc1ccco1. The third kappa shape index (κ3) is 4.86. The van der Waals surface area contributed by atoms with Crippen molar-refractivity contribution in [3.63, 3.8) is 0 Å². The van der Waals surface area contributed by atoms with Crippen LogP contribution in [-0.2, 0) is 22.7 Å². The van der Waals surface area contributed by atoms with Crippen molar-refractivity contribution in [2.24, 2.45) is 0 Å². The minimum Gasteiger partial charge on any atom is -0.467 e. The summed E-state index contributed by atoms with van der Waals surface area (Å²) in [6.45, 7) is 3.80. The standard InChI is InChI=1S/C17H19ClN2O3/c1-12(17(22)19-10-16-4-3-9-23-16)20(13(2)21)11-14-5-7-15(18)8-6-14/h3-9,12H,10-11H2,1-2H3,(H,19,22). The second kappa shape index (κ2) is 7.83. The lowest BCUT2D eigenvalue weighted by atomic mass is 10.1. The number of benzene rings is 1. The fourth-order valence-electron chi connectivity index (χ4n) is 2.18.